The maximum Gasteiger partial charge on any atom is 0.151 e. The summed E-state index contributed by atoms with van der Waals surface area (Å²) in [6.45, 7) is 2.09. The molecule has 2 aromatic rings. The summed E-state index contributed by atoms with van der Waals surface area (Å²) in [5, 5.41) is 4.94. The van der Waals surface area contributed by atoms with E-state index in [9.17, 15) is 4.39 Å². The number of fused-ring (bicyclic) bond motifs is 1. The van der Waals surface area contributed by atoms with Crippen LogP contribution in [0.1, 0.15) is 18.9 Å². The average molecular weight is 192 g/mol. The second kappa shape index (κ2) is 3.40. The molecule has 74 valence electrons. The van der Waals surface area contributed by atoms with Gasteiger partial charge in [0.15, 0.2) is 5.82 Å². The maximum absolute atomic E-state index is 13.5. The number of hydrogen-bond donors (Lipinski definition) is 0. The lowest BCUT2D eigenvalue weighted by Gasteiger charge is -1.98. The minimum Gasteiger partial charge on any atom is -0.274 e. The van der Waals surface area contributed by atoms with Crippen LogP contribution in [0.5, 0.6) is 0 Å². The molecule has 1 aromatic carbocycles. The van der Waals surface area contributed by atoms with E-state index in [0.29, 0.717) is 5.52 Å². The van der Waals surface area contributed by atoms with Crippen molar-refractivity contribution >= 4 is 10.9 Å². The molecule has 14 heavy (non-hydrogen) atoms. The van der Waals surface area contributed by atoms with Crippen LogP contribution in [-0.4, -0.2) is 9.78 Å². The fourth-order valence-electron chi connectivity index (χ4n) is 1.70. The molecule has 0 amide bonds. The second-order valence-electron chi connectivity index (χ2n) is 3.57. The normalized spacial score (nSPS) is 11.1. The van der Waals surface area contributed by atoms with E-state index >= 15 is 0 Å². The van der Waals surface area contributed by atoms with Crippen molar-refractivity contribution in [2.45, 2.75) is 19.8 Å². The minimum absolute atomic E-state index is 0.216. The molecule has 0 aliphatic carbocycles. The number of halogens is 1. The Balaban J connectivity index is 2.59. The lowest BCUT2D eigenvalue weighted by molar-refractivity contribution is 0.630. The van der Waals surface area contributed by atoms with E-state index < -0.39 is 0 Å². The van der Waals surface area contributed by atoms with E-state index in [2.05, 4.69) is 12.0 Å². The van der Waals surface area contributed by atoms with Gasteiger partial charge in [-0.05, 0) is 24.1 Å². The number of aromatic nitrogens is 2. The van der Waals surface area contributed by atoms with Gasteiger partial charge < -0.3 is 0 Å². The van der Waals surface area contributed by atoms with E-state index in [1.54, 1.807) is 17.8 Å². The zero-order valence-corrected chi connectivity index (χ0v) is 8.42. The molecule has 0 N–H and O–H groups in total. The van der Waals surface area contributed by atoms with Crippen molar-refractivity contribution in [3.05, 3.63) is 29.7 Å². The first kappa shape index (κ1) is 9.19. The summed E-state index contributed by atoms with van der Waals surface area (Å²) >= 11 is 0. The van der Waals surface area contributed by atoms with Crippen molar-refractivity contribution in [1.82, 2.24) is 9.78 Å². The Labute approximate surface area is 82.3 Å². The van der Waals surface area contributed by atoms with Crippen LogP contribution in [-0.2, 0) is 13.5 Å². The predicted molar refractivity (Wildman–Crippen MR) is 54.7 cm³/mol. The van der Waals surface area contributed by atoms with Crippen LogP contribution >= 0.6 is 0 Å². The monoisotopic (exact) mass is 192 g/mol. The number of rotatable bonds is 2. The van der Waals surface area contributed by atoms with Gasteiger partial charge in [0.25, 0.3) is 0 Å². The lowest BCUT2D eigenvalue weighted by Crippen LogP contribution is -1.88. The Hall–Kier alpha value is -1.38. The molecule has 0 atom stereocenters. The first-order chi connectivity index (χ1) is 6.70. The third kappa shape index (κ3) is 1.50. The van der Waals surface area contributed by atoms with E-state index in [4.69, 9.17) is 0 Å². The fourth-order valence-corrected chi connectivity index (χ4v) is 1.70. The van der Waals surface area contributed by atoms with Crippen molar-refractivity contribution in [3.63, 3.8) is 0 Å². The molecule has 0 aliphatic rings. The van der Waals surface area contributed by atoms with Crippen LogP contribution in [0.3, 0.4) is 0 Å². The zero-order chi connectivity index (χ0) is 10.1. The third-order valence-corrected chi connectivity index (χ3v) is 2.28. The van der Waals surface area contributed by atoms with Gasteiger partial charge >= 0.3 is 0 Å². The molecule has 0 fully saturated rings. The average Bonchev–Trinajstić information content (AvgIpc) is 2.47. The van der Waals surface area contributed by atoms with Crippen molar-refractivity contribution in [3.8, 4) is 0 Å². The van der Waals surface area contributed by atoms with Crippen LogP contribution in [0.25, 0.3) is 10.9 Å². The first-order valence-electron chi connectivity index (χ1n) is 4.82. The van der Waals surface area contributed by atoms with Crippen molar-refractivity contribution in [2.24, 2.45) is 7.05 Å². The molecule has 0 bridgehead atoms. The Kier molecular flexibility index (Phi) is 2.23. The third-order valence-electron chi connectivity index (χ3n) is 2.28. The summed E-state index contributed by atoms with van der Waals surface area (Å²) in [6.07, 6.45) is 3.80. The zero-order valence-electron chi connectivity index (χ0n) is 8.42. The molecule has 3 heteroatoms. The summed E-state index contributed by atoms with van der Waals surface area (Å²) in [6, 6.07) is 3.59. The van der Waals surface area contributed by atoms with Crippen molar-refractivity contribution in [2.75, 3.05) is 0 Å². The van der Waals surface area contributed by atoms with Gasteiger partial charge in [0.1, 0.15) is 5.52 Å². The lowest BCUT2D eigenvalue weighted by atomic mass is 10.1. The highest BCUT2D eigenvalue weighted by molar-refractivity contribution is 5.79. The molecular formula is C11H13FN2. The minimum atomic E-state index is -0.216. The van der Waals surface area contributed by atoms with Gasteiger partial charge in [-0.3, -0.25) is 4.68 Å². The SMILES string of the molecule is CCCc1cc(F)c2nn(C)cc2c1. The molecule has 0 saturated carbocycles. The second-order valence-corrected chi connectivity index (χ2v) is 3.57. The summed E-state index contributed by atoms with van der Waals surface area (Å²) in [4.78, 5) is 0. The van der Waals surface area contributed by atoms with Gasteiger partial charge in [-0.2, -0.15) is 5.10 Å². The topological polar surface area (TPSA) is 17.8 Å². The van der Waals surface area contributed by atoms with Gasteiger partial charge in [-0.1, -0.05) is 13.3 Å². The Morgan fingerprint density at radius 3 is 2.93 bits per heavy atom. The Bertz CT molecular complexity index is 460. The number of hydrogen-bond acceptors (Lipinski definition) is 1. The molecule has 0 aliphatic heterocycles. The van der Waals surface area contributed by atoms with E-state index in [0.717, 1.165) is 23.8 Å². The Morgan fingerprint density at radius 1 is 1.43 bits per heavy atom. The smallest absolute Gasteiger partial charge is 0.151 e. The Morgan fingerprint density at radius 2 is 2.21 bits per heavy atom. The van der Waals surface area contributed by atoms with E-state index in [-0.39, 0.29) is 5.82 Å². The summed E-state index contributed by atoms with van der Waals surface area (Å²) < 4.78 is 15.1. The highest BCUT2D eigenvalue weighted by Gasteiger charge is 2.06. The molecule has 2 nitrogen and oxygen atoms in total. The molecule has 1 aromatic heterocycles. The molecule has 2 rings (SSSR count). The van der Waals surface area contributed by atoms with Crippen molar-refractivity contribution in [1.29, 1.82) is 0 Å². The van der Waals surface area contributed by atoms with Crippen LogP contribution in [0.4, 0.5) is 4.39 Å². The first-order valence-corrected chi connectivity index (χ1v) is 4.82. The molecule has 0 spiro atoms. The molecule has 1 heterocycles. The predicted octanol–water partition coefficient (Wildman–Crippen LogP) is 2.66. The van der Waals surface area contributed by atoms with Crippen LogP contribution in [0.15, 0.2) is 18.3 Å². The van der Waals surface area contributed by atoms with Crippen LogP contribution in [0.2, 0.25) is 0 Å². The van der Waals surface area contributed by atoms with E-state index in [1.165, 1.54) is 0 Å². The summed E-state index contributed by atoms with van der Waals surface area (Å²) in [5.74, 6) is -0.216. The van der Waals surface area contributed by atoms with Gasteiger partial charge in [0.2, 0.25) is 0 Å². The number of benzene rings is 1. The van der Waals surface area contributed by atoms with Crippen LogP contribution in [0, 0.1) is 5.82 Å². The molecule has 0 unspecified atom stereocenters. The molecule has 0 saturated heterocycles. The van der Waals surface area contributed by atoms with Crippen molar-refractivity contribution < 1.29 is 4.39 Å². The maximum atomic E-state index is 13.5. The highest BCUT2D eigenvalue weighted by Crippen LogP contribution is 2.19. The molecule has 0 radical (unpaired) electrons. The fraction of sp³-hybridized carbons (Fsp3) is 0.364. The summed E-state index contributed by atoms with van der Waals surface area (Å²) in [5.41, 5.74) is 1.51. The van der Waals surface area contributed by atoms with Gasteiger partial charge in [-0.15, -0.1) is 0 Å². The van der Waals surface area contributed by atoms with Crippen LogP contribution < -0.4 is 0 Å². The number of nitrogens with zero attached hydrogens (tertiary/aromatic N) is 2. The standard InChI is InChI=1S/C11H13FN2/c1-3-4-8-5-9-7-14(2)13-11(9)10(12)6-8/h5-7H,3-4H2,1-2H3. The van der Waals surface area contributed by atoms with Gasteiger partial charge in [-0.25, -0.2) is 4.39 Å². The van der Waals surface area contributed by atoms with Gasteiger partial charge in [0, 0.05) is 18.6 Å². The highest BCUT2D eigenvalue weighted by atomic mass is 19.1. The van der Waals surface area contributed by atoms with Gasteiger partial charge in [0.05, 0.1) is 0 Å². The largest absolute Gasteiger partial charge is 0.274 e. The molecular weight excluding hydrogens is 179 g/mol. The summed E-state index contributed by atoms with van der Waals surface area (Å²) in [7, 11) is 1.80. The van der Waals surface area contributed by atoms with E-state index in [1.807, 2.05) is 12.3 Å². The number of aryl methyl sites for hydroxylation is 2. The quantitative estimate of drug-likeness (QED) is 0.715.